The second kappa shape index (κ2) is 5.21. The molecule has 0 radical (unpaired) electrons. The van der Waals surface area contributed by atoms with Crippen LogP contribution in [0.3, 0.4) is 0 Å². The van der Waals surface area contributed by atoms with E-state index in [1.165, 1.54) is 5.56 Å². The molecule has 0 bridgehead atoms. The summed E-state index contributed by atoms with van der Waals surface area (Å²) in [6.45, 7) is 2.57. The summed E-state index contributed by atoms with van der Waals surface area (Å²) < 4.78 is 0. The lowest BCUT2D eigenvalue weighted by molar-refractivity contribution is -0.125. The van der Waals surface area contributed by atoms with Gasteiger partial charge >= 0.3 is 0 Å². The van der Waals surface area contributed by atoms with E-state index in [2.05, 4.69) is 12.2 Å². The third-order valence-corrected chi connectivity index (χ3v) is 3.40. The van der Waals surface area contributed by atoms with E-state index in [0.29, 0.717) is 13.0 Å². The minimum atomic E-state index is -0.228. The summed E-state index contributed by atoms with van der Waals surface area (Å²) in [5, 5.41) is 2.60. The van der Waals surface area contributed by atoms with Crippen LogP contribution in [0, 0.1) is 5.92 Å². The third kappa shape index (κ3) is 2.37. The summed E-state index contributed by atoms with van der Waals surface area (Å²) in [6, 6.07) is 7.94. The molecule has 0 saturated carbocycles. The topological polar surface area (TPSA) is 49.4 Å². The van der Waals surface area contributed by atoms with Crippen molar-refractivity contribution in [2.45, 2.75) is 19.8 Å². The van der Waals surface area contributed by atoms with Gasteiger partial charge in [0.1, 0.15) is 0 Å². The molecule has 96 valence electrons. The van der Waals surface area contributed by atoms with Crippen molar-refractivity contribution in [2.24, 2.45) is 5.92 Å². The van der Waals surface area contributed by atoms with E-state index in [1.807, 2.05) is 24.3 Å². The average Bonchev–Trinajstić information content (AvgIpc) is 2.80. The Kier molecular flexibility index (Phi) is 3.65. The standard InChI is InChI=1S/C14H18N2O2/c1-3-10-4-6-12(7-5-10)16-9-11(8-13(16)17)14(18)15-2/h4-7,11H,3,8-9H2,1-2H3,(H,15,18)/t11-/m1/s1. The predicted molar refractivity (Wildman–Crippen MR) is 70.3 cm³/mol. The van der Waals surface area contributed by atoms with E-state index in [1.54, 1.807) is 11.9 Å². The maximum atomic E-state index is 11.9. The van der Waals surface area contributed by atoms with Crippen LogP contribution in [0.25, 0.3) is 0 Å². The highest BCUT2D eigenvalue weighted by Gasteiger charge is 2.34. The second-order valence-electron chi connectivity index (χ2n) is 4.54. The van der Waals surface area contributed by atoms with Gasteiger partial charge in [0.15, 0.2) is 0 Å². The van der Waals surface area contributed by atoms with Crippen molar-refractivity contribution in [1.29, 1.82) is 0 Å². The first-order chi connectivity index (χ1) is 8.65. The summed E-state index contributed by atoms with van der Waals surface area (Å²) >= 11 is 0. The molecule has 2 rings (SSSR count). The van der Waals surface area contributed by atoms with Gasteiger partial charge < -0.3 is 10.2 Å². The maximum absolute atomic E-state index is 11.9. The first-order valence-electron chi connectivity index (χ1n) is 6.26. The summed E-state index contributed by atoms with van der Waals surface area (Å²) in [5.74, 6) is -0.266. The molecule has 1 aliphatic rings. The highest BCUT2D eigenvalue weighted by atomic mass is 16.2. The van der Waals surface area contributed by atoms with Crippen LogP contribution in [0.5, 0.6) is 0 Å². The predicted octanol–water partition coefficient (Wildman–Crippen LogP) is 1.35. The number of aryl methyl sites for hydroxylation is 1. The number of hydrogen-bond donors (Lipinski definition) is 1. The lowest BCUT2D eigenvalue weighted by atomic mass is 10.1. The van der Waals surface area contributed by atoms with E-state index in [0.717, 1.165) is 12.1 Å². The molecule has 1 fully saturated rings. The number of benzene rings is 1. The number of amides is 2. The zero-order chi connectivity index (χ0) is 13.1. The molecule has 1 aromatic rings. The fourth-order valence-corrected chi connectivity index (χ4v) is 2.25. The van der Waals surface area contributed by atoms with Gasteiger partial charge in [-0.2, -0.15) is 0 Å². The molecule has 4 nitrogen and oxygen atoms in total. The lowest BCUT2D eigenvalue weighted by Crippen LogP contribution is -2.30. The molecule has 1 N–H and O–H groups in total. The Morgan fingerprint density at radius 2 is 2.06 bits per heavy atom. The number of nitrogens with zero attached hydrogens (tertiary/aromatic N) is 1. The van der Waals surface area contributed by atoms with Crippen molar-refractivity contribution < 1.29 is 9.59 Å². The number of carbonyl (C=O) groups excluding carboxylic acids is 2. The van der Waals surface area contributed by atoms with Gasteiger partial charge in [-0.05, 0) is 24.1 Å². The number of nitrogens with one attached hydrogen (secondary N) is 1. The van der Waals surface area contributed by atoms with Gasteiger partial charge in [0.2, 0.25) is 11.8 Å². The first-order valence-corrected chi connectivity index (χ1v) is 6.26. The van der Waals surface area contributed by atoms with Crippen LogP contribution in [0.4, 0.5) is 5.69 Å². The van der Waals surface area contributed by atoms with Crippen molar-refractivity contribution in [3.63, 3.8) is 0 Å². The van der Waals surface area contributed by atoms with Crippen LogP contribution in [-0.4, -0.2) is 25.4 Å². The number of hydrogen-bond acceptors (Lipinski definition) is 2. The number of rotatable bonds is 3. The molecular weight excluding hydrogens is 228 g/mol. The molecule has 1 atom stereocenters. The quantitative estimate of drug-likeness (QED) is 0.875. The van der Waals surface area contributed by atoms with Crippen LogP contribution in [-0.2, 0) is 16.0 Å². The number of anilines is 1. The molecule has 18 heavy (non-hydrogen) atoms. The summed E-state index contributed by atoms with van der Waals surface area (Å²) in [5.41, 5.74) is 2.12. The van der Waals surface area contributed by atoms with Gasteiger partial charge in [-0.1, -0.05) is 19.1 Å². The molecular formula is C14H18N2O2. The van der Waals surface area contributed by atoms with Crippen LogP contribution < -0.4 is 10.2 Å². The lowest BCUT2D eigenvalue weighted by Gasteiger charge is -2.16. The van der Waals surface area contributed by atoms with Gasteiger partial charge in [-0.3, -0.25) is 9.59 Å². The highest BCUT2D eigenvalue weighted by molar-refractivity contribution is 6.00. The molecule has 1 aromatic carbocycles. The minimum absolute atomic E-state index is 0.0212. The van der Waals surface area contributed by atoms with E-state index in [-0.39, 0.29) is 17.7 Å². The van der Waals surface area contributed by atoms with Crippen LogP contribution in [0.1, 0.15) is 18.9 Å². The van der Waals surface area contributed by atoms with Crippen molar-refractivity contribution >= 4 is 17.5 Å². The Balaban J connectivity index is 2.13. The minimum Gasteiger partial charge on any atom is -0.359 e. The third-order valence-electron chi connectivity index (χ3n) is 3.40. The van der Waals surface area contributed by atoms with Gasteiger partial charge in [0, 0.05) is 25.7 Å². The molecule has 1 heterocycles. The zero-order valence-electron chi connectivity index (χ0n) is 10.8. The maximum Gasteiger partial charge on any atom is 0.227 e. The molecule has 1 saturated heterocycles. The first kappa shape index (κ1) is 12.6. The molecule has 0 aliphatic carbocycles. The Morgan fingerprint density at radius 3 is 2.61 bits per heavy atom. The van der Waals surface area contributed by atoms with Crippen molar-refractivity contribution in [2.75, 3.05) is 18.5 Å². The molecule has 1 aliphatic heterocycles. The zero-order valence-corrected chi connectivity index (χ0v) is 10.8. The average molecular weight is 246 g/mol. The van der Waals surface area contributed by atoms with E-state index < -0.39 is 0 Å². The number of carbonyl (C=O) groups is 2. The van der Waals surface area contributed by atoms with Crippen LogP contribution >= 0.6 is 0 Å². The fraction of sp³-hybridized carbons (Fsp3) is 0.429. The summed E-state index contributed by atoms with van der Waals surface area (Å²) in [4.78, 5) is 25.1. The summed E-state index contributed by atoms with van der Waals surface area (Å²) in [7, 11) is 1.60. The molecule has 0 spiro atoms. The van der Waals surface area contributed by atoms with E-state index >= 15 is 0 Å². The second-order valence-corrected chi connectivity index (χ2v) is 4.54. The van der Waals surface area contributed by atoms with Crippen molar-refractivity contribution in [3.05, 3.63) is 29.8 Å². The Morgan fingerprint density at radius 1 is 1.39 bits per heavy atom. The monoisotopic (exact) mass is 246 g/mol. The van der Waals surface area contributed by atoms with E-state index in [9.17, 15) is 9.59 Å². The van der Waals surface area contributed by atoms with Gasteiger partial charge in [0.05, 0.1) is 5.92 Å². The molecule has 4 heteroatoms. The molecule has 0 aromatic heterocycles. The van der Waals surface area contributed by atoms with E-state index in [4.69, 9.17) is 0 Å². The highest BCUT2D eigenvalue weighted by Crippen LogP contribution is 2.25. The smallest absolute Gasteiger partial charge is 0.227 e. The van der Waals surface area contributed by atoms with Crippen molar-refractivity contribution in [1.82, 2.24) is 5.32 Å². The van der Waals surface area contributed by atoms with Gasteiger partial charge in [-0.25, -0.2) is 0 Å². The Hall–Kier alpha value is -1.84. The van der Waals surface area contributed by atoms with Gasteiger partial charge in [-0.15, -0.1) is 0 Å². The largest absolute Gasteiger partial charge is 0.359 e. The van der Waals surface area contributed by atoms with Gasteiger partial charge in [0.25, 0.3) is 0 Å². The van der Waals surface area contributed by atoms with Crippen LogP contribution in [0.15, 0.2) is 24.3 Å². The van der Waals surface area contributed by atoms with Crippen LogP contribution in [0.2, 0.25) is 0 Å². The Labute approximate surface area is 107 Å². The fourth-order valence-electron chi connectivity index (χ4n) is 2.25. The van der Waals surface area contributed by atoms with Crippen molar-refractivity contribution in [3.8, 4) is 0 Å². The molecule has 0 unspecified atom stereocenters. The summed E-state index contributed by atoms with van der Waals surface area (Å²) in [6.07, 6.45) is 1.28. The molecule has 2 amide bonds. The normalized spacial score (nSPS) is 19.1. The SMILES string of the molecule is CCc1ccc(N2C[C@H](C(=O)NC)CC2=O)cc1. The Bertz CT molecular complexity index is 453.